The summed E-state index contributed by atoms with van der Waals surface area (Å²) < 4.78 is 14.3. The Kier molecular flexibility index (Phi) is 8.27. The molecule has 2 saturated heterocycles. The molecule has 4 aliphatic rings. The van der Waals surface area contributed by atoms with Crippen LogP contribution in [0.2, 0.25) is 0 Å². The summed E-state index contributed by atoms with van der Waals surface area (Å²) in [5.41, 5.74) is 5.83. The van der Waals surface area contributed by atoms with Gasteiger partial charge >= 0.3 is 0 Å². The standard InChI is InChI=1S/C18H21FN2O2.C18H22N2O2/c1-10-5-6-15(16(22)20-10)21-9-11-7-13(18(2,3)4)14(19)8-12(11)17(21)23;1-11-5-8-15(16(21)19-11)20-10-12-9-13(18(2,3)4)6-7-14(12)17(20)22/h7-8,15H,1,5-6,9H2,2-4H3,(H,20,22);6-7,9,15H,1,5,8,10H2,2-4H3,(H,19,21)/t2*15-/m00/s1. The van der Waals surface area contributed by atoms with E-state index >= 15 is 0 Å². The van der Waals surface area contributed by atoms with E-state index in [0.29, 0.717) is 49.2 Å². The summed E-state index contributed by atoms with van der Waals surface area (Å²) in [5.74, 6) is -1.00. The SMILES string of the molecule is C=C1CC[C@H](N2Cc3cc(C(C)(C)C)c(F)cc3C2=O)C(=O)N1.C=C1CC[C@H](N2Cc3cc(C(C)(C)C)ccc3C2=O)C(=O)N1. The van der Waals surface area contributed by atoms with E-state index in [-0.39, 0.29) is 46.3 Å². The maximum absolute atomic E-state index is 14.3. The van der Waals surface area contributed by atoms with Crippen LogP contribution in [0.25, 0.3) is 0 Å². The number of hydrogen-bond acceptors (Lipinski definition) is 4. The average molecular weight is 615 g/mol. The van der Waals surface area contributed by atoms with Crippen LogP contribution in [0.15, 0.2) is 54.9 Å². The summed E-state index contributed by atoms with van der Waals surface area (Å²) in [7, 11) is 0. The van der Waals surface area contributed by atoms with Crippen LogP contribution < -0.4 is 10.6 Å². The third-order valence-corrected chi connectivity index (χ3v) is 9.03. The maximum atomic E-state index is 14.3. The first-order chi connectivity index (χ1) is 21.0. The van der Waals surface area contributed by atoms with Crippen molar-refractivity contribution in [1.82, 2.24) is 20.4 Å². The minimum Gasteiger partial charge on any atom is -0.329 e. The number of amides is 4. The maximum Gasteiger partial charge on any atom is 0.255 e. The van der Waals surface area contributed by atoms with Crippen molar-refractivity contribution >= 4 is 23.6 Å². The zero-order valence-electron chi connectivity index (χ0n) is 27.1. The van der Waals surface area contributed by atoms with Crippen LogP contribution in [0, 0.1) is 5.82 Å². The lowest BCUT2D eigenvalue weighted by Crippen LogP contribution is -2.49. The normalized spacial score (nSPS) is 21.7. The molecular weight excluding hydrogens is 571 g/mol. The van der Waals surface area contributed by atoms with Gasteiger partial charge in [-0.15, -0.1) is 0 Å². The second kappa shape index (κ2) is 11.6. The number of piperidine rings is 2. The first kappa shape index (κ1) is 32.1. The lowest BCUT2D eigenvalue weighted by molar-refractivity contribution is -0.127. The molecule has 4 heterocycles. The van der Waals surface area contributed by atoms with Crippen molar-refractivity contribution in [3.63, 3.8) is 0 Å². The third kappa shape index (κ3) is 6.30. The van der Waals surface area contributed by atoms with E-state index in [9.17, 15) is 23.6 Å². The summed E-state index contributed by atoms with van der Waals surface area (Å²) in [5, 5.41) is 5.46. The largest absolute Gasteiger partial charge is 0.329 e. The monoisotopic (exact) mass is 614 g/mol. The van der Waals surface area contributed by atoms with Crippen LogP contribution in [0.1, 0.15) is 110 Å². The number of fused-ring (bicyclic) bond motifs is 2. The van der Waals surface area contributed by atoms with Gasteiger partial charge in [0.25, 0.3) is 11.8 Å². The van der Waals surface area contributed by atoms with Gasteiger partial charge in [0.15, 0.2) is 0 Å². The molecule has 2 aromatic carbocycles. The molecule has 2 fully saturated rings. The number of benzene rings is 2. The molecule has 0 spiro atoms. The Balaban J connectivity index is 0.000000178. The van der Waals surface area contributed by atoms with E-state index in [1.165, 1.54) is 16.5 Å². The molecule has 9 heteroatoms. The van der Waals surface area contributed by atoms with Gasteiger partial charge in [-0.25, -0.2) is 4.39 Å². The fraction of sp³-hybridized carbons (Fsp3) is 0.444. The lowest BCUT2D eigenvalue weighted by Gasteiger charge is -2.30. The highest BCUT2D eigenvalue weighted by atomic mass is 19.1. The second-order valence-corrected chi connectivity index (χ2v) is 14.5. The van der Waals surface area contributed by atoms with E-state index in [1.807, 2.05) is 32.9 Å². The molecule has 2 aromatic rings. The zero-order valence-corrected chi connectivity index (χ0v) is 27.1. The molecule has 0 bridgehead atoms. The Bertz CT molecular complexity index is 1630. The Labute approximate surface area is 264 Å². The van der Waals surface area contributed by atoms with Crippen LogP contribution in [0.5, 0.6) is 0 Å². The molecule has 238 valence electrons. The van der Waals surface area contributed by atoms with Crippen molar-refractivity contribution in [2.24, 2.45) is 0 Å². The number of halogens is 1. The number of nitrogens with one attached hydrogen (secondary N) is 2. The molecular formula is C36H43FN4O4. The first-order valence-corrected chi connectivity index (χ1v) is 15.5. The van der Waals surface area contributed by atoms with Gasteiger partial charge in [0.2, 0.25) is 11.8 Å². The zero-order chi connectivity index (χ0) is 33.0. The topological polar surface area (TPSA) is 98.8 Å². The minimum atomic E-state index is -0.512. The van der Waals surface area contributed by atoms with Crippen molar-refractivity contribution in [2.45, 2.75) is 103 Å². The van der Waals surface area contributed by atoms with Crippen molar-refractivity contribution in [3.05, 3.63) is 94.1 Å². The summed E-state index contributed by atoms with van der Waals surface area (Å²) in [6.07, 6.45) is 2.58. The van der Waals surface area contributed by atoms with Crippen molar-refractivity contribution in [1.29, 1.82) is 0 Å². The number of carbonyl (C=O) groups is 4. The molecule has 0 unspecified atom stereocenters. The molecule has 0 aliphatic carbocycles. The predicted octanol–water partition coefficient (Wildman–Crippen LogP) is 5.60. The van der Waals surface area contributed by atoms with Crippen molar-refractivity contribution in [2.75, 3.05) is 0 Å². The van der Waals surface area contributed by atoms with Crippen LogP contribution >= 0.6 is 0 Å². The Morgan fingerprint density at radius 3 is 1.67 bits per heavy atom. The van der Waals surface area contributed by atoms with Gasteiger partial charge in [-0.05, 0) is 77.0 Å². The Hall–Kier alpha value is -4.27. The number of allylic oxidation sites excluding steroid dienone is 2. The number of hydrogen-bond donors (Lipinski definition) is 2. The smallest absolute Gasteiger partial charge is 0.255 e. The molecule has 4 amide bonds. The van der Waals surface area contributed by atoms with E-state index < -0.39 is 6.04 Å². The molecule has 0 saturated carbocycles. The number of carbonyl (C=O) groups excluding carboxylic acids is 4. The summed E-state index contributed by atoms with van der Waals surface area (Å²) in [6.45, 7) is 20.7. The highest BCUT2D eigenvalue weighted by Gasteiger charge is 2.40. The second-order valence-electron chi connectivity index (χ2n) is 14.5. The van der Waals surface area contributed by atoms with Crippen molar-refractivity contribution in [3.8, 4) is 0 Å². The van der Waals surface area contributed by atoms with E-state index in [0.717, 1.165) is 28.8 Å². The quantitative estimate of drug-likeness (QED) is 0.460. The third-order valence-electron chi connectivity index (χ3n) is 9.03. The van der Waals surface area contributed by atoms with Gasteiger partial charge in [0.1, 0.15) is 17.9 Å². The highest BCUT2D eigenvalue weighted by molar-refractivity contribution is 6.02. The van der Waals surface area contributed by atoms with Crippen molar-refractivity contribution < 1.29 is 23.6 Å². The molecule has 6 rings (SSSR count). The molecule has 0 radical (unpaired) electrons. The molecule has 0 aromatic heterocycles. The van der Waals surface area contributed by atoms with Gasteiger partial charge in [0, 0.05) is 35.6 Å². The van der Waals surface area contributed by atoms with E-state index in [4.69, 9.17) is 0 Å². The molecule has 2 atom stereocenters. The fourth-order valence-electron chi connectivity index (χ4n) is 6.36. The summed E-state index contributed by atoms with van der Waals surface area (Å²) in [6, 6.07) is 8.21. The summed E-state index contributed by atoms with van der Waals surface area (Å²) in [4.78, 5) is 52.7. The minimum absolute atomic E-state index is 0.0388. The van der Waals surface area contributed by atoms with E-state index in [2.05, 4.69) is 50.6 Å². The van der Waals surface area contributed by atoms with Gasteiger partial charge in [-0.3, -0.25) is 19.2 Å². The van der Waals surface area contributed by atoms with Crippen LogP contribution in [0.3, 0.4) is 0 Å². The highest BCUT2D eigenvalue weighted by Crippen LogP contribution is 2.35. The van der Waals surface area contributed by atoms with Crippen LogP contribution in [0.4, 0.5) is 4.39 Å². The van der Waals surface area contributed by atoms with Crippen LogP contribution in [-0.4, -0.2) is 45.5 Å². The predicted molar refractivity (Wildman–Crippen MR) is 171 cm³/mol. The summed E-state index contributed by atoms with van der Waals surface area (Å²) >= 11 is 0. The Morgan fingerprint density at radius 1 is 0.711 bits per heavy atom. The number of rotatable bonds is 2. The van der Waals surface area contributed by atoms with E-state index in [1.54, 1.807) is 11.0 Å². The van der Waals surface area contributed by atoms with Gasteiger partial charge in [0.05, 0.1) is 0 Å². The fourth-order valence-corrected chi connectivity index (χ4v) is 6.36. The van der Waals surface area contributed by atoms with Gasteiger partial charge < -0.3 is 20.4 Å². The molecule has 2 N–H and O–H groups in total. The lowest BCUT2D eigenvalue weighted by atomic mass is 9.85. The van der Waals surface area contributed by atoms with Gasteiger partial charge in [-0.2, -0.15) is 0 Å². The average Bonchev–Trinajstić information content (AvgIpc) is 3.43. The number of nitrogens with zero attached hydrogens (tertiary/aromatic N) is 2. The van der Waals surface area contributed by atoms with Crippen LogP contribution in [-0.2, 0) is 33.5 Å². The first-order valence-electron chi connectivity index (χ1n) is 15.5. The Morgan fingerprint density at radius 2 is 1.20 bits per heavy atom. The molecule has 45 heavy (non-hydrogen) atoms. The van der Waals surface area contributed by atoms with Gasteiger partial charge in [-0.1, -0.05) is 66.8 Å². The molecule has 4 aliphatic heterocycles. The molecule has 8 nitrogen and oxygen atoms in total.